The molecule has 120 heavy (non-hydrogen) atoms. The van der Waals surface area contributed by atoms with Crippen molar-refractivity contribution >= 4 is 102 Å². The van der Waals surface area contributed by atoms with E-state index in [1.165, 1.54) is 89.5 Å². The van der Waals surface area contributed by atoms with Crippen molar-refractivity contribution in [1.29, 1.82) is 0 Å². The fourth-order valence-electron chi connectivity index (χ4n) is 19.0. The molecule has 588 valence electrons. The molecule has 10 nitrogen and oxygen atoms in total. The maximum Gasteiger partial charge on any atom is 0.151 e. The molecule has 6 heterocycles. The van der Waals surface area contributed by atoms with Crippen LogP contribution in [0.5, 0.6) is 23.0 Å². The van der Waals surface area contributed by atoms with Crippen LogP contribution in [0.3, 0.4) is 0 Å². The SMILES string of the molecule is Cc1cccc(C)c1N(c1ccc2c(c1)C(C)(C)c1cc(N(c3c(C)cccc3C)c3c(C)cccc3C)ccc1N2c1ccc(-c2ccccc2)nc1C)c1c(C)cccc1C.Cc1nc(-c2ccccc2)ccc1N1c2ccc(N3c4ccccc4Oc4ccccc43)cc2C(C)(C)c2cc(N3c4ccccc4Oc4ccccc43)ccc21. The number of benzene rings is 14. The van der Waals surface area contributed by atoms with Gasteiger partial charge in [-0.1, -0.05) is 210 Å². The molecule has 4 aliphatic heterocycles. The van der Waals surface area contributed by atoms with Crippen LogP contribution in [0.1, 0.15) is 106 Å². The Labute approximate surface area is 705 Å². The summed E-state index contributed by atoms with van der Waals surface area (Å²) in [5, 5.41) is 0. The molecule has 0 atom stereocenters. The molecule has 0 N–H and O–H groups in total. The zero-order valence-electron chi connectivity index (χ0n) is 70.6. The number of nitrogens with zero attached hydrogens (tertiary/aromatic N) is 8. The molecule has 0 radical (unpaired) electrons. The predicted molar refractivity (Wildman–Crippen MR) is 499 cm³/mol. The van der Waals surface area contributed by atoms with E-state index in [0.29, 0.717) is 0 Å². The number of fused-ring (bicyclic) bond motifs is 8. The second kappa shape index (κ2) is 30.1. The van der Waals surface area contributed by atoms with Crippen LogP contribution in [-0.4, -0.2) is 9.97 Å². The van der Waals surface area contributed by atoms with Gasteiger partial charge in [0.25, 0.3) is 0 Å². The van der Waals surface area contributed by atoms with Gasteiger partial charge in [-0.15, -0.1) is 0 Å². The molecule has 0 amide bonds. The summed E-state index contributed by atoms with van der Waals surface area (Å²) in [4.78, 5) is 25.0. The number of pyridine rings is 2. The first kappa shape index (κ1) is 75.8. The number of ether oxygens (including phenoxy) is 2. The molecule has 10 heteroatoms. The summed E-state index contributed by atoms with van der Waals surface area (Å²) in [6.07, 6.45) is 0. The molecule has 0 fully saturated rings. The number of rotatable bonds is 12. The summed E-state index contributed by atoms with van der Waals surface area (Å²) in [5.41, 5.74) is 40.1. The summed E-state index contributed by atoms with van der Waals surface area (Å²) in [7, 11) is 0. The van der Waals surface area contributed by atoms with Gasteiger partial charge in [0.05, 0.1) is 102 Å². The zero-order chi connectivity index (χ0) is 82.6. The van der Waals surface area contributed by atoms with E-state index in [4.69, 9.17) is 19.4 Å². The Balaban J connectivity index is 0.000000159. The molecule has 0 spiro atoms. The van der Waals surface area contributed by atoms with Gasteiger partial charge in [0.2, 0.25) is 0 Å². The minimum absolute atomic E-state index is 0.404. The van der Waals surface area contributed by atoms with Gasteiger partial charge in [-0.2, -0.15) is 0 Å². The predicted octanol–water partition coefficient (Wildman–Crippen LogP) is 30.9. The first-order valence-corrected chi connectivity index (χ1v) is 41.6. The summed E-state index contributed by atoms with van der Waals surface area (Å²) in [5.74, 6) is 3.32. The molecule has 2 aromatic heterocycles. The third-order valence-electron chi connectivity index (χ3n) is 24.9. The fraction of sp³-hybridized carbons (Fsp3) is 0.145. The third-order valence-corrected chi connectivity index (χ3v) is 24.9. The summed E-state index contributed by atoms with van der Waals surface area (Å²) >= 11 is 0. The monoisotopic (exact) mass is 1560 g/mol. The van der Waals surface area contributed by atoms with Gasteiger partial charge in [-0.05, 0) is 282 Å². The number of anilines is 18. The molecule has 0 unspecified atom stereocenters. The Kier molecular flexibility index (Phi) is 19.0. The van der Waals surface area contributed by atoms with Gasteiger partial charge < -0.3 is 38.9 Å². The van der Waals surface area contributed by atoms with Gasteiger partial charge in [0.1, 0.15) is 0 Å². The van der Waals surface area contributed by atoms with Crippen LogP contribution in [0, 0.1) is 69.2 Å². The van der Waals surface area contributed by atoms with E-state index in [0.717, 1.165) is 137 Å². The van der Waals surface area contributed by atoms with Gasteiger partial charge in [-0.25, -0.2) is 0 Å². The molecule has 0 aliphatic carbocycles. The molecule has 0 saturated carbocycles. The maximum absolute atomic E-state index is 6.41. The van der Waals surface area contributed by atoms with Crippen LogP contribution in [0.15, 0.2) is 328 Å². The van der Waals surface area contributed by atoms with Crippen molar-refractivity contribution in [3.8, 4) is 45.5 Å². The van der Waals surface area contributed by atoms with Crippen molar-refractivity contribution in [3.63, 3.8) is 0 Å². The highest BCUT2D eigenvalue weighted by atomic mass is 16.5. The van der Waals surface area contributed by atoms with Crippen molar-refractivity contribution in [2.45, 2.75) is 108 Å². The van der Waals surface area contributed by atoms with Crippen molar-refractivity contribution in [2.75, 3.05) is 29.4 Å². The highest BCUT2D eigenvalue weighted by Gasteiger charge is 2.43. The van der Waals surface area contributed by atoms with Crippen LogP contribution in [0.25, 0.3) is 22.5 Å². The van der Waals surface area contributed by atoms with Gasteiger partial charge in [0.15, 0.2) is 23.0 Å². The lowest BCUT2D eigenvalue weighted by Crippen LogP contribution is -2.32. The van der Waals surface area contributed by atoms with E-state index in [-0.39, 0.29) is 0 Å². The van der Waals surface area contributed by atoms with E-state index in [1.54, 1.807) is 0 Å². The van der Waals surface area contributed by atoms with Crippen LogP contribution < -0.4 is 38.9 Å². The lowest BCUT2D eigenvalue weighted by atomic mass is 9.73. The van der Waals surface area contributed by atoms with E-state index < -0.39 is 10.8 Å². The first-order chi connectivity index (χ1) is 58.2. The minimum Gasteiger partial charge on any atom is -0.453 e. The van der Waals surface area contributed by atoms with E-state index >= 15 is 0 Å². The second-order valence-corrected chi connectivity index (χ2v) is 33.4. The number of hydrogen-bond acceptors (Lipinski definition) is 10. The van der Waals surface area contributed by atoms with Crippen molar-refractivity contribution in [1.82, 2.24) is 9.97 Å². The number of para-hydroxylation sites is 12. The Morgan fingerprint density at radius 1 is 0.233 bits per heavy atom. The zero-order valence-corrected chi connectivity index (χ0v) is 70.6. The molecular weight excluding hydrogens is 1470 g/mol. The highest BCUT2D eigenvalue weighted by Crippen LogP contribution is 2.61. The van der Waals surface area contributed by atoms with Crippen molar-refractivity contribution < 1.29 is 9.47 Å². The van der Waals surface area contributed by atoms with Gasteiger partial charge in [0, 0.05) is 44.7 Å². The van der Waals surface area contributed by atoms with Crippen LogP contribution >= 0.6 is 0 Å². The van der Waals surface area contributed by atoms with Crippen LogP contribution in [-0.2, 0) is 10.8 Å². The Morgan fingerprint density at radius 3 is 0.783 bits per heavy atom. The standard InChI is InChI=1S/C59H58N4.C51H38N4O2/c1-37-19-15-20-38(2)55(37)61(56-39(3)21-16-22-40(56)4)47-29-32-53-49(35-47)59(10,11)50-36-48(62(57-41(5)23-17-24-42(57)6)58-43(7)25-18-26-44(58)8)30-33-54(50)63(53)52-34-31-51(60-45(52)9)46-27-13-12-14-28-46;1-33-40(30-27-39(52-33)34-15-5-4-6-16-34)55-41-28-25-35(53-43-17-7-11-21-47(43)56-48-22-12-8-18-44(48)53)31-37(41)51(2,3)38-32-36(26-29-42(38)55)54-45-19-9-13-23-49(45)57-50-24-14-10-20-46(50)54/h12-36H,1-11H3;4-32H,1-3H3. The highest BCUT2D eigenvalue weighted by molar-refractivity contribution is 5.97. The van der Waals surface area contributed by atoms with Gasteiger partial charge in [-0.3, -0.25) is 9.97 Å². The van der Waals surface area contributed by atoms with Crippen LogP contribution in [0.4, 0.5) is 102 Å². The quantitative estimate of drug-likeness (QED) is 0.118. The summed E-state index contributed by atoms with van der Waals surface area (Å²) < 4.78 is 12.8. The lowest BCUT2D eigenvalue weighted by molar-refractivity contribution is 0.477. The van der Waals surface area contributed by atoms with E-state index in [2.05, 4.69) is 399 Å². The normalized spacial score (nSPS) is 13.4. The molecule has 16 aromatic rings. The third kappa shape index (κ3) is 12.9. The minimum atomic E-state index is -0.408. The average molecular weight is 1560 g/mol. The topological polar surface area (TPSA) is 63.7 Å². The summed E-state index contributed by atoms with van der Waals surface area (Å²) in [6, 6.07) is 117. The Hall–Kier alpha value is -14.2. The fourth-order valence-corrected chi connectivity index (χ4v) is 19.0. The smallest absolute Gasteiger partial charge is 0.151 e. The number of aromatic nitrogens is 2. The van der Waals surface area contributed by atoms with Gasteiger partial charge >= 0.3 is 0 Å². The number of hydrogen-bond donors (Lipinski definition) is 0. The molecule has 0 bridgehead atoms. The molecule has 0 saturated heterocycles. The Morgan fingerprint density at radius 2 is 0.492 bits per heavy atom. The van der Waals surface area contributed by atoms with E-state index in [1.807, 2.05) is 54.6 Å². The van der Waals surface area contributed by atoms with Crippen molar-refractivity contribution in [2.24, 2.45) is 0 Å². The second-order valence-electron chi connectivity index (χ2n) is 33.4. The van der Waals surface area contributed by atoms with Crippen LogP contribution in [0.2, 0.25) is 0 Å². The molecule has 4 aliphatic rings. The van der Waals surface area contributed by atoms with Crippen molar-refractivity contribution in [3.05, 3.63) is 406 Å². The molecule has 20 rings (SSSR count). The summed E-state index contributed by atoms with van der Waals surface area (Å²) in [6.45, 7) is 31.6. The maximum atomic E-state index is 6.41. The first-order valence-electron chi connectivity index (χ1n) is 41.6. The Bertz CT molecular complexity index is 6160. The number of aryl methyl sites for hydroxylation is 10. The lowest BCUT2D eigenvalue weighted by Gasteiger charge is -2.44. The average Bonchev–Trinajstić information content (AvgIpc) is 0.711. The largest absolute Gasteiger partial charge is 0.453 e. The molecule has 14 aromatic carbocycles. The van der Waals surface area contributed by atoms with E-state index in [9.17, 15) is 0 Å². The molecular formula is C110H96N8O2.